The highest BCUT2D eigenvalue weighted by molar-refractivity contribution is 8.01. The molecule has 0 atom stereocenters. The smallest absolute Gasteiger partial charge is 0.123 e. The molecule has 0 aliphatic heterocycles. The van der Waals surface area contributed by atoms with Crippen LogP contribution in [0.4, 0.5) is 4.39 Å². The van der Waals surface area contributed by atoms with Crippen molar-refractivity contribution >= 4 is 23.1 Å². The Hall–Kier alpha value is -0.840. The highest BCUT2D eigenvalue weighted by Gasteiger charge is 2.07. The van der Waals surface area contributed by atoms with E-state index in [0.717, 1.165) is 10.5 Å². The van der Waals surface area contributed by atoms with Gasteiger partial charge in [-0.3, -0.25) is 0 Å². The number of hydrogen-bond acceptors (Lipinski definition) is 3. The van der Waals surface area contributed by atoms with Crippen molar-refractivity contribution in [2.45, 2.75) is 35.5 Å². The van der Waals surface area contributed by atoms with E-state index in [9.17, 15) is 4.39 Å². The molecule has 0 radical (unpaired) electrons. The molecule has 0 amide bonds. The number of thiophene rings is 1. The molecule has 1 aromatic carbocycles. The number of benzene rings is 1. The second-order valence-corrected chi connectivity index (χ2v) is 6.61. The lowest BCUT2D eigenvalue weighted by molar-refractivity contribution is 0.576. The van der Waals surface area contributed by atoms with Gasteiger partial charge in [0.1, 0.15) is 5.82 Å². The normalized spacial score (nSPS) is 11.1. The third-order valence-corrected chi connectivity index (χ3v) is 4.58. The molecule has 0 aliphatic rings. The summed E-state index contributed by atoms with van der Waals surface area (Å²) in [5.74, 6) is -0.175. The summed E-state index contributed by atoms with van der Waals surface area (Å²) in [6.07, 6.45) is 0. The molecule has 0 bridgehead atoms. The van der Waals surface area contributed by atoms with Crippen LogP contribution in [0.15, 0.2) is 44.8 Å². The molecule has 0 unspecified atom stereocenters. The fourth-order valence-electron chi connectivity index (χ4n) is 1.53. The number of halogens is 1. The van der Waals surface area contributed by atoms with Crippen LogP contribution in [0.2, 0.25) is 0 Å². The number of hydrogen-bond donors (Lipinski definition) is 1. The van der Waals surface area contributed by atoms with Crippen LogP contribution in [0.3, 0.4) is 0 Å². The van der Waals surface area contributed by atoms with Gasteiger partial charge in [0.2, 0.25) is 0 Å². The maximum Gasteiger partial charge on any atom is 0.123 e. The Morgan fingerprint density at radius 1 is 1.33 bits per heavy atom. The largest absolute Gasteiger partial charge is 0.310 e. The first kappa shape index (κ1) is 13.6. The molecule has 2 aromatic rings. The molecule has 0 fully saturated rings. The lowest BCUT2D eigenvalue weighted by Crippen LogP contribution is -2.22. The summed E-state index contributed by atoms with van der Waals surface area (Å²) in [5, 5.41) is 5.39. The van der Waals surface area contributed by atoms with Gasteiger partial charge in [0.05, 0.1) is 4.21 Å². The zero-order valence-electron chi connectivity index (χ0n) is 10.4. The van der Waals surface area contributed by atoms with Gasteiger partial charge in [-0.1, -0.05) is 31.7 Å². The van der Waals surface area contributed by atoms with Crippen LogP contribution in [0.1, 0.15) is 19.4 Å². The van der Waals surface area contributed by atoms with Crippen molar-refractivity contribution in [3.63, 3.8) is 0 Å². The summed E-state index contributed by atoms with van der Waals surface area (Å²) in [7, 11) is 0. The first-order valence-corrected chi connectivity index (χ1v) is 7.58. The van der Waals surface area contributed by atoms with Crippen LogP contribution >= 0.6 is 23.1 Å². The summed E-state index contributed by atoms with van der Waals surface area (Å²) in [6, 6.07) is 9.51. The van der Waals surface area contributed by atoms with E-state index in [1.807, 2.05) is 12.1 Å². The molecule has 1 N–H and O–H groups in total. The van der Waals surface area contributed by atoms with Crippen molar-refractivity contribution in [1.82, 2.24) is 5.32 Å². The molecule has 0 spiro atoms. The summed E-state index contributed by atoms with van der Waals surface area (Å²) in [4.78, 5) is 1.12. The Morgan fingerprint density at radius 2 is 2.17 bits per heavy atom. The molecule has 0 aliphatic carbocycles. The summed E-state index contributed by atoms with van der Waals surface area (Å²) in [6.45, 7) is 4.87. The van der Waals surface area contributed by atoms with Crippen molar-refractivity contribution in [2.75, 3.05) is 0 Å². The van der Waals surface area contributed by atoms with Crippen LogP contribution in [0.5, 0.6) is 0 Å². The third kappa shape index (κ3) is 3.83. The van der Waals surface area contributed by atoms with Crippen molar-refractivity contribution in [3.05, 3.63) is 47.1 Å². The monoisotopic (exact) mass is 281 g/mol. The Labute approximate surface area is 115 Å². The van der Waals surface area contributed by atoms with E-state index in [1.54, 1.807) is 29.2 Å². The van der Waals surface area contributed by atoms with E-state index in [1.165, 1.54) is 10.3 Å². The maximum atomic E-state index is 13.3. The van der Waals surface area contributed by atoms with Gasteiger partial charge in [-0.25, -0.2) is 4.39 Å². The van der Waals surface area contributed by atoms with Crippen molar-refractivity contribution in [1.29, 1.82) is 0 Å². The highest BCUT2D eigenvalue weighted by Crippen LogP contribution is 2.33. The minimum Gasteiger partial charge on any atom is -0.310 e. The Kier molecular flexibility index (Phi) is 4.80. The van der Waals surface area contributed by atoms with Crippen molar-refractivity contribution in [3.8, 4) is 0 Å². The SMILES string of the molecule is CC(C)NCc1cc(F)ccc1Sc1cccs1. The zero-order valence-corrected chi connectivity index (χ0v) is 12.1. The quantitative estimate of drug-likeness (QED) is 0.863. The minimum absolute atomic E-state index is 0.175. The summed E-state index contributed by atoms with van der Waals surface area (Å²) >= 11 is 3.40. The number of rotatable bonds is 5. The standard InChI is InChI=1S/C14H16FNS2/c1-10(2)16-9-11-8-12(15)5-6-13(11)18-14-4-3-7-17-14/h3-8,10,16H,9H2,1-2H3. The van der Waals surface area contributed by atoms with Gasteiger partial charge in [-0.2, -0.15) is 0 Å². The molecule has 2 rings (SSSR count). The molecule has 96 valence electrons. The molecule has 18 heavy (non-hydrogen) atoms. The Bertz CT molecular complexity index is 495. The van der Waals surface area contributed by atoms with Crippen molar-refractivity contribution < 1.29 is 4.39 Å². The van der Waals surface area contributed by atoms with E-state index in [2.05, 4.69) is 30.6 Å². The van der Waals surface area contributed by atoms with Crippen molar-refractivity contribution in [2.24, 2.45) is 0 Å². The lowest BCUT2D eigenvalue weighted by atomic mass is 10.2. The van der Waals surface area contributed by atoms with E-state index < -0.39 is 0 Å². The van der Waals surface area contributed by atoms with Gasteiger partial charge in [-0.05, 0) is 35.2 Å². The topological polar surface area (TPSA) is 12.0 Å². The predicted octanol–water partition coefficient (Wildman–Crippen LogP) is 4.54. The molecule has 1 heterocycles. The molecular weight excluding hydrogens is 265 g/mol. The molecule has 1 aromatic heterocycles. The zero-order chi connectivity index (χ0) is 13.0. The molecule has 0 saturated heterocycles. The van der Waals surface area contributed by atoms with Gasteiger partial charge in [0.25, 0.3) is 0 Å². The first-order chi connectivity index (χ1) is 8.65. The Morgan fingerprint density at radius 3 is 2.83 bits per heavy atom. The van der Waals surface area contributed by atoms with Crippen LogP contribution in [0, 0.1) is 5.82 Å². The summed E-state index contributed by atoms with van der Waals surface area (Å²) < 4.78 is 14.5. The maximum absolute atomic E-state index is 13.3. The van der Waals surface area contributed by atoms with Crippen LogP contribution in [0.25, 0.3) is 0 Å². The average Bonchev–Trinajstić information content (AvgIpc) is 2.82. The third-order valence-electron chi connectivity index (χ3n) is 2.43. The van der Waals surface area contributed by atoms with Gasteiger partial charge in [0, 0.05) is 17.5 Å². The van der Waals surface area contributed by atoms with Crippen LogP contribution < -0.4 is 5.32 Å². The summed E-state index contributed by atoms with van der Waals surface area (Å²) in [5.41, 5.74) is 1.02. The molecule has 4 heteroatoms. The first-order valence-electron chi connectivity index (χ1n) is 5.88. The highest BCUT2D eigenvalue weighted by atomic mass is 32.2. The fourth-order valence-corrected chi connectivity index (χ4v) is 3.37. The van der Waals surface area contributed by atoms with Gasteiger partial charge in [-0.15, -0.1) is 11.3 Å². The van der Waals surface area contributed by atoms with Gasteiger partial charge >= 0.3 is 0 Å². The fraction of sp³-hybridized carbons (Fsp3) is 0.286. The average molecular weight is 281 g/mol. The Balaban J connectivity index is 2.17. The van der Waals surface area contributed by atoms with Gasteiger partial charge < -0.3 is 5.32 Å². The molecule has 0 saturated carbocycles. The van der Waals surface area contributed by atoms with Gasteiger partial charge in [0.15, 0.2) is 0 Å². The second kappa shape index (κ2) is 6.36. The van der Waals surface area contributed by atoms with E-state index >= 15 is 0 Å². The van der Waals surface area contributed by atoms with E-state index in [0.29, 0.717) is 12.6 Å². The molecular formula is C14H16FNS2. The van der Waals surface area contributed by atoms with E-state index in [4.69, 9.17) is 0 Å². The predicted molar refractivity (Wildman–Crippen MR) is 76.8 cm³/mol. The van der Waals surface area contributed by atoms with Crippen LogP contribution in [-0.2, 0) is 6.54 Å². The molecule has 1 nitrogen and oxygen atoms in total. The number of nitrogens with one attached hydrogen (secondary N) is 1. The van der Waals surface area contributed by atoms with E-state index in [-0.39, 0.29) is 5.82 Å². The minimum atomic E-state index is -0.175. The van der Waals surface area contributed by atoms with Crippen LogP contribution in [-0.4, -0.2) is 6.04 Å². The lowest BCUT2D eigenvalue weighted by Gasteiger charge is -2.12. The second-order valence-electron chi connectivity index (χ2n) is 4.32.